The quantitative estimate of drug-likeness (QED) is 0.189. The molecule has 1 aliphatic heterocycles. The van der Waals surface area contributed by atoms with E-state index in [1.165, 1.54) is 6.21 Å². The van der Waals surface area contributed by atoms with Crippen molar-refractivity contribution >= 4 is 40.5 Å². The number of ketones is 1. The predicted molar refractivity (Wildman–Crippen MR) is 146 cm³/mol. The summed E-state index contributed by atoms with van der Waals surface area (Å²) in [5.41, 5.74) is 6.46. The number of hydrogen-bond donors (Lipinski definition) is 3. The Hall–Kier alpha value is -3.74. The minimum absolute atomic E-state index is 0.0307. The maximum Gasteiger partial charge on any atom is 0.175 e. The molecule has 3 N–H and O–H groups in total. The third kappa shape index (κ3) is 7.69. The van der Waals surface area contributed by atoms with Gasteiger partial charge in [-0.2, -0.15) is 0 Å². The first kappa shape index (κ1) is 28.3. The van der Waals surface area contributed by atoms with E-state index in [4.69, 9.17) is 10.2 Å². The molecule has 7 nitrogen and oxygen atoms in total. The zero-order valence-electron chi connectivity index (χ0n) is 21.5. The summed E-state index contributed by atoms with van der Waals surface area (Å²) < 4.78 is 0. The summed E-state index contributed by atoms with van der Waals surface area (Å²) >= 11 is 0. The summed E-state index contributed by atoms with van der Waals surface area (Å²) in [7, 11) is 0. The van der Waals surface area contributed by atoms with Crippen molar-refractivity contribution in [2.24, 2.45) is 15.1 Å². The molecule has 0 spiro atoms. The maximum atomic E-state index is 11.7. The molecule has 0 atom stereocenters. The number of aromatic amines is 1. The van der Waals surface area contributed by atoms with Crippen LogP contribution in [0, 0.1) is 6.92 Å². The number of aryl methyl sites for hydroxylation is 1. The topological polar surface area (TPSA) is 102 Å². The van der Waals surface area contributed by atoms with Gasteiger partial charge in [-0.1, -0.05) is 26.0 Å². The first-order valence-electron chi connectivity index (χ1n) is 11.5. The minimum atomic E-state index is 0.0307. The van der Waals surface area contributed by atoms with Crippen LogP contribution in [0.2, 0.25) is 0 Å². The first-order chi connectivity index (χ1) is 16.3. The smallest absolute Gasteiger partial charge is 0.175 e. The molecular weight excluding hydrogens is 426 g/mol. The fourth-order valence-electron chi connectivity index (χ4n) is 3.23. The second kappa shape index (κ2) is 14.4. The Labute approximate surface area is 202 Å². The highest BCUT2D eigenvalue weighted by atomic mass is 16.4. The molecule has 3 rings (SSSR count). The summed E-state index contributed by atoms with van der Waals surface area (Å²) in [5, 5.41) is 14.5. The van der Waals surface area contributed by atoms with Gasteiger partial charge in [-0.3, -0.25) is 9.79 Å². The van der Waals surface area contributed by atoms with E-state index in [1.807, 2.05) is 58.9 Å². The number of hydrogen-bond acceptors (Lipinski definition) is 6. The molecule has 0 saturated carbocycles. The number of aliphatic imine (C=N–C) groups is 2. The first-order valence-corrected chi connectivity index (χ1v) is 11.5. The van der Waals surface area contributed by atoms with Crippen molar-refractivity contribution in [1.29, 1.82) is 0 Å². The van der Waals surface area contributed by atoms with Gasteiger partial charge in [0.15, 0.2) is 5.78 Å². The lowest BCUT2D eigenvalue weighted by Crippen LogP contribution is -2.04. The van der Waals surface area contributed by atoms with E-state index in [0.717, 1.165) is 51.4 Å². The highest BCUT2D eigenvalue weighted by molar-refractivity contribution is 6.09. The summed E-state index contributed by atoms with van der Waals surface area (Å²) in [5.74, 6) is 0.856. The second-order valence-corrected chi connectivity index (χ2v) is 7.29. The number of oxime groups is 1. The third-order valence-electron chi connectivity index (χ3n) is 4.82. The van der Waals surface area contributed by atoms with E-state index in [-0.39, 0.29) is 5.78 Å². The van der Waals surface area contributed by atoms with E-state index in [1.54, 1.807) is 20.1 Å². The van der Waals surface area contributed by atoms with Crippen molar-refractivity contribution in [1.82, 2.24) is 4.98 Å². The average Bonchev–Trinajstić information content (AvgIpc) is 3.20. The second-order valence-electron chi connectivity index (χ2n) is 7.29. The molecular formula is C27H37N5O2. The summed E-state index contributed by atoms with van der Waals surface area (Å²) in [6, 6.07) is 6.01. The highest BCUT2D eigenvalue weighted by Crippen LogP contribution is 2.27. The van der Waals surface area contributed by atoms with Gasteiger partial charge in [0.25, 0.3) is 0 Å². The van der Waals surface area contributed by atoms with Crippen LogP contribution in [0.1, 0.15) is 70.9 Å². The molecule has 1 aromatic heterocycles. The van der Waals surface area contributed by atoms with Gasteiger partial charge in [0.05, 0.1) is 17.1 Å². The van der Waals surface area contributed by atoms with Crippen LogP contribution in [0.5, 0.6) is 0 Å². The normalized spacial score (nSPS) is 13.9. The lowest BCUT2D eigenvalue weighted by Gasteiger charge is -2.12. The van der Waals surface area contributed by atoms with Crippen molar-refractivity contribution in [2.45, 2.75) is 61.8 Å². The molecule has 2 aromatic rings. The number of nitrogens with zero attached hydrogens (tertiary/aromatic N) is 3. The Morgan fingerprint density at radius 2 is 1.82 bits per heavy atom. The number of anilines is 1. The van der Waals surface area contributed by atoms with Gasteiger partial charge in [-0.05, 0) is 76.5 Å². The van der Waals surface area contributed by atoms with Gasteiger partial charge < -0.3 is 15.5 Å². The highest BCUT2D eigenvalue weighted by Gasteiger charge is 2.12. The maximum absolute atomic E-state index is 11.7. The summed E-state index contributed by atoms with van der Waals surface area (Å²) in [4.78, 5) is 24.2. The Bertz CT molecular complexity index is 1160. The molecule has 0 saturated heterocycles. The monoisotopic (exact) mass is 463 g/mol. The zero-order chi connectivity index (χ0) is 25.7. The molecule has 1 aromatic carbocycles. The van der Waals surface area contributed by atoms with Gasteiger partial charge in [0.2, 0.25) is 0 Å². The van der Waals surface area contributed by atoms with Gasteiger partial charge in [0, 0.05) is 35.9 Å². The van der Waals surface area contributed by atoms with Gasteiger partial charge in [0.1, 0.15) is 5.82 Å². The van der Waals surface area contributed by atoms with Crippen LogP contribution in [0.3, 0.4) is 0 Å². The molecule has 0 amide bonds. The van der Waals surface area contributed by atoms with Gasteiger partial charge in [-0.15, -0.1) is 5.16 Å². The molecule has 1 aliphatic rings. The fraction of sp³-hybridized carbons (Fsp3) is 0.333. The van der Waals surface area contributed by atoms with Crippen molar-refractivity contribution in [3.05, 3.63) is 64.8 Å². The Kier molecular flexibility index (Phi) is 12.0. The van der Waals surface area contributed by atoms with Crippen LogP contribution in [0.4, 0.5) is 5.69 Å². The Balaban J connectivity index is 0.000000872. The molecule has 182 valence electrons. The summed E-state index contributed by atoms with van der Waals surface area (Å²) in [6.07, 6.45) is 9.98. The predicted octanol–water partition coefficient (Wildman–Crippen LogP) is 7.21. The van der Waals surface area contributed by atoms with Crippen LogP contribution in [-0.4, -0.2) is 34.1 Å². The number of carbonyl (C=O) groups excluding carboxylic acids is 1. The number of carbonyl (C=O) groups is 1. The van der Waals surface area contributed by atoms with Crippen LogP contribution < -0.4 is 5.32 Å². The average molecular weight is 464 g/mol. The Morgan fingerprint density at radius 3 is 2.38 bits per heavy atom. The number of H-pyrrole nitrogens is 1. The number of allylic oxidation sites excluding steroid dienone is 4. The van der Waals surface area contributed by atoms with Crippen molar-refractivity contribution < 1.29 is 10.0 Å². The van der Waals surface area contributed by atoms with Crippen LogP contribution in [0.15, 0.2) is 68.7 Å². The number of nitrogens with one attached hydrogen (secondary N) is 2. The van der Waals surface area contributed by atoms with Crippen LogP contribution in [-0.2, 0) is 0 Å². The molecule has 34 heavy (non-hydrogen) atoms. The van der Waals surface area contributed by atoms with Crippen molar-refractivity contribution in [3.8, 4) is 0 Å². The van der Waals surface area contributed by atoms with Crippen molar-refractivity contribution in [2.75, 3.05) is 5.32 Å². The molecule has 2 heterocycles. The van der Waals surface area contributed by atoms with Crippen LogP contribution in [0.25, 0.3) is 10.9 Å². The zero-order valence-corrected chi connectivity index (χ0v) is 21.5. The van der Waals surface area contributed by atoms with E-state index < -0.39 is 0 Å². The largest absolute Gasteiger partial charge is 0.411 e. The molecule has 0 bridgehead atoms. The number of fused-ring (bicyclic) bond motifs is 1. The lowest BCUT2D eigenvalue weighted by molar-refractivity contribution is 0.101. The third-order valence-corrected chi connectivity index (χ3v) is 4.82. The lowest BCUT2D eigenvalue weighted by atomic mass is 10.1. The molecule has 0 radical (unpaired) electrons. The SMILES string of the molecule is C/C=N/O.CC.CC=N/C(=C\C)C1=NC(Nc2cc(C)c3[nH]c(C(C)=O)cc3c2)=C(C)CC=C1. The number of benzene rings is 1. The van der Waals surface area contributed by atoms with Gasteiger partial charge in [-0.25, -0.2) is 4.99 Å². The number of aromatic nitrogens is 1. The number of Topliss-reactive ketones (excluding diaryl/α,β-unsaturated/α-hetero) is 1. The van der Waals surface area contributed by atoms with E-state index in [9.17, 15) is 4.79 Å². The van der Waals surface area contributed by atoms with Crippen LogP contribution >= 0.6 is 0 Å². The standard InChI is InChI=1S/C23H26N4O.C2H5NO.C2H6/c1-6-19(24-7-2)20-10-8-9-14(3)23(27-20)25-18-11-15(4)22-17(12-18)13-21(26-22)16(5)28;1-2-3-4;1-2/h6-8,10-13,25-26H,9H2,1-5H3;2,4H,1H3;1-2H3/b19-6-,24-7?;3-2+;. The molecule has 7 heteroatoms. The molecule has 0 unspecified atom stereocenters. The fourth-order valence-corrected chi connectivity index (χ4v) is 3.23. The summed E-state index contributed by atoms with van der Waals surface area (Å²) in [6.45, 7) is 15.2. The van der Waals surface area contributed by atoms with Gasteiger partial charge >= 0.3 is 0 Å². The van der Waals surface area contributed by atoms with E-state index in [2.05, 4.69) is 39.5 Å². The van der Waals surface area contributed by atoms with E-state index in [0.29, 0.717) is 5.69 Å². The van der Waals surface area contributed by atoms with E-state index >= 15 is 0 Å². The molecule has 0 fully saturated rings. The van der Waals surface area contributed by atoms with Crippen molar-refractivity contribution in [3.63, 3.8) is 0 Å². The number of rotatable bonds is 5. The molecule has 0 aliphatic carbocycles. The Morgan fingerprint density at radius 1 is 1.15 bits per heavy atom. The minimum Gasteiger partial charge on any atom is -0.411 e.